The molecule has 4 heteroatoms. The van der Waals surface area contributed by atoms with E-state index >= 15 is 0 Å². The number of nitrogen functional groups attached to an aromatic ring is 1. The molecule has 2 rings (SSSR count). The zero-order valence-corrected chi connectivity index (χ0v) is 8.01. The molecule has 0 unspecified atom stereocenters. The van der Waals surface area contributed by atoms with E-state index in [0.717, 1.165) is 11.3 Å². The van der Waals surface area contributed by atoms with Crippen molar-refractivity contribution in [3.8, 4) is 11.3 Å². The Bertz CT molecular complexity index is 405. The van der Waals surface area contributed by atoms with Gasteiger partial charge in [0, 0.05) is 10.4 Å². The average Bonchev–Trinajstić information content (AvgIpc) is 2.53. The third-order valence-corrected chi connectivity index (χ3v) is 2.67. The molecule has 0 aliphatic rings. The summed E-state index contributed by atoms with van der Waals surface area (Å²) in [5, 5.41) is 9.87. The molecule has 0 spiro atoms. The van der Waals surface area contributed by atoms with Gasteiger partial charge in [0.1, 0.15) is 5.82 Å². The number of anilines is 1. The van der Waals surface area contributed by atoms with Crippen LogP contribution in [-0.4, -0.2) is 10.2 Å². The minimum Gasteiger partial charge on any atom is -0.382 e. The second-order valence-corrected chi connectivity index (χ2v) is 3.85. The maximum atomic E-state index is 5.45. The summed E-state index contributed by atoms with van der Waals surface area (Å²) in [5.41, 5.74) is 7.47. The molecule has 0 amide bonds. The van der Waals surface area contributed by atoms with Crippen molar-refractivity contribution >= 4 is 17.2 Å². The molecule has 66 valence electrons. The number of rotatable bonds is 1. The lowest BCUT2D eigenvalue weighted by atomic mass is 10.2. The Morgan fingerprint density at radius 3 is 2.62 bits per heavy atom. The smallest absolute Gasteiger partial charge is 0.146 e. The first-order valence-corrected chi connectivity index (χ1v) is 4.79. The Morgan fingerprint density at radius 1 is 1.23 bits per heavy atom. The standard InChI is InChI=1S/C9H9N3S/c1-6-7(4-5-13-6)8-2-3-9(10)12-11-8/h2-5H,1H3,(H2,10,12). The monoisotopic (exact) mass is 191 g/mol. The number of nitrogens with zero attached hydrogens (tertiary/aromatic N) is 2. The molecule has 0 bridgehead atoms. The van der Waals surface area contributed by atoms with Gasteiger partial charge in [-0.1, -0.05) is 0 Å². The molecule has 13 heavy (non-hydrogen) atoms. The van der Waals surface area contributed by atoms with Crippen LogP contribution in [0.25, 0.3) is 11.3 Å². The van der Waals surface area contributed by atoms with Gasteiger partial charge in [0.2, 0.25) is 0 Å². The first kappa shape index (κ1) is 8.19. The van der Waals surface area contributed by atoms with Crippen LogP contribution in [0.3, 0.4) is 0 Å². The van der Waals surface area contributed by atoms with Gasteiger partial charge in [-0.2, -0.15) is 0 Å². The van der Waals surface area contributed by atoms with Crippen LogP contribution in [0.2, 0.25) is 0 Å². The zero-order chi connectivity index (χ0) is 9.26. The minimum atomic E-state index is 0.455. The summed E-state index contributed by atoms with van der Waals surface area (Å²) >= 11 is 1.70. The van der Waals surface area contributed by atoms with Crippen LogP contribution < -0.4 is 5.73 Å². The van der Waals surface area contributed by atoms with E-state index in [2.05, 4.69) is 17.1 Å². The van der Waals surface area contributed by atoms with Gasteiger partial charge >= 0.3 is 0 Å². The fourth-order valence-corrected chi connectivity index (χ4v) is 1.84. The molecule has 0 aromatic carbocycles. The van der Waals surface area contributed by atoms with E-state index in [1.165, 1.54) is 4.88 Å². The molecule has 0 saturated heterocycles. The lowest BCUT2D eigenvalue weighted by molar-refractivity contribution is 1.05. The summed E-state index contributed by atoms with van der Waals surface area (Å²) in [7, 11) is 0. The molecule has 2 N–H and O–H groups in total. The van der Waals surface area contributed by atoms with Crippen molar-refractivity contribution in [3.63, 3.8) is 0 Å². The Morgan fingerprint density at radius 2 is 2.08 bits per heavy atom. The van der Waals surface area contributed by atoms with Crippen molar-refractivity contribution in [1.82, 2.24) is 10.2 Å². The molecular weight excluding hydrogens is 182 g/mol. The Labute approximate surface area is 80.2 Å². The quantitative estimate of drug-likeness (QED) is 0.751. The molecule has 0 aliphatic carbocycles. The van der Waals surface area contributed by atoms with Gasteiger partial charge in [-0.15, -0.1) is 21.5 Å². The Kier molecular flexibility index (Phi) is 1.98. The lowest BCUT2D eigenvalue weighted by Crippen LogP contribution is -1.93. The van der Waals surface area contributed by atoms with Crippen LogP contribution >= 0.6 is 11.3 Å². The van der Waals surface area contributed by atoms with E-state index in [1.807, 2.05) is 17.5 Å². The van der Waals surface area contributed by atoms with Gasteiger partial charge in [0.05, 0.1) is 5.69 Å². The van der Waals surface area contributed by atoms with Gasteiger partial charge < -0.3 is 5.73 Å². The van der Waals surface area contributed by atoms with Crippen LogP contribution in [0.1, 0.15) is 4.88 Å². The molecule has 2 heterocycles. The van der Waals surface area contributed by atoms with E-state index in [-0.39, 0.29) is 0 Å². The summed E-state index contributed by atoms with van der Waals surface area (Å²) in [6.45, 7) is 2.07. The van der Waals surface area contributed by atoms with Crippen LogP contribution in [-0.2, 0) is 0 Å². The summed E-state index contributed by atoms with van der Waals surface area (Å²) in [5.74, 6) is 0.455. The molecular formula is C9H9N3S. The zero-order valence-electron chi connectivity index (χ0n) is 7.19. The van der Waals surface area contributed by atoms with Crippen LogP contribution in [0.5, 0.6) is 0 Å². The molecule has 2 aromatic rings. The van der Waals surface area contributed by atoms with Crippen molar-refractivity contribution < 1.29 is 0 Å². The van der Waals surface area contributed by atoms with E-state index in [9.17, 15) is 0 Å². The highest BCUT2D eigenvalue weighted by molar-refractivity contribution is 7.10. The van der Waals surface area contributed by atoms with Crippen LogP contribution in [0, 0.1) is 6.92 Å². The minimum absolute atomic E-state index is 0.455. The number of hydrogen-bond donors (Lipinski definition) is 1. The summed E-state index contributed by atoms with van der Waals surface area (Å²) in [6, 6.07) is 5.69. The second-order valence-electron chi connectivity index (χ2n) is 2.73. The third kappa shape index (κ3) is 1.53. The third-order valence-electron chi connectivity index (χ3n) is 1.82. The average molecular weight is 191 g/mol. The predicted octanol–water partition coefficient (Wildman–Crippen LogP) is 2.10. The summed E-state index contributed by atoms with van der Waals surface area (Å²) < 4.78 is 0. The van der Waals surface area contributed by atoms with E-state index < -0.39 is 0 Å². The number of aromatic nitrogens is 2. The molecule has 0 saturated carbocycles. The largest absolute Gasteiger partial charge is 0.382 e. The highest BCUT2D eigenvalue weighted by atomic mass is 32.1. The Balaban J connectivity index is 2.47. The molecule has 3 nitrogen and oxygen atoms in total. The van der Waals surface area contributed by atoms with Crippen molar-refractivity contribution in [2.24, 2.45) is 0 Å². The highest BCUT2D eigenvalue weighted by Gasteiger charge is 2.03. The maximum Gasteiger partial charge on any atom is 0.146 e. The number of thiophene rings is 1. The Hall–Kier alpha value is -1.42. The second kappa shape index (κ2) is 3.14. The highest BCUT2D eigenvalue weighted by Crippen LogP contribution is 2.25. The topological polar surface area (TPSA) is 51.8 Å². The first-order valence-electron chi connectivity index (χ1n) is 3.91. The van der Waals surface area contributed by atoms with E-state index in [4.69, 9.17) is 5.73 Å². The number of aryl methyl sites for hydroxylation is 1. The molecule has 0 aliphatic heterocycles. The van der Waals surface area contributed by atoms with Gasteiger partial charge in [-0.05, 0) is 30.5 Å². The summed E-state index contributed by atoms with van der Waals surface area (Å²) in [6.07, 6.45) is 0. The van der Waals surface area contributed by atoms with Crippen LogP contribution in [0.4, 0.5) is 5.82 Å². The van der Waals surface area contributed by atoms with E-state index in [0.29, 0.717) is 5.82 Å². The number of nitrogens with two attached hydrogens (primary N) is 1. The summed E-state index contributed by atoms with van der Waals surface area (Å²) in [4.78, 5) is 1.25. The van der Waals surface area contributed by atoms with Gasteiger partial charge in [-0.3, -0.25) is 0 Å². The molecule has 0 radical (unpaired) electrons. The number of hydrogen-bond acceptors (Lipinski definition) is 4. The maximum absolute atomic E-state index is 5.45. The van der Waals surface area contributed by atoms with Gasteiger partial charge in [0.15, 0.2) is 0 Å². The first-order chi connectivity index (χ1) is 6.27. The van der Waals surface area contributed by atoms with Gasteiger partial charge in [0.25, 0.3) is 0 Å². The SMILES string of the molecule is Cc1sccc1-c1ccc(N)nn1. The van der Waals surface area contributed by atoms with Gasteiger partial charge in [-0.25, -0.2) is 0 Å². The fourth-order valence-electron chi connectivity index (χ4n) is 1.14. The van der Waals surface area contributed by atoms with Crippen LogP contribution in [0.15, 0.2) is 23.6 Å². The molecule has 0 atom stereocenters. The van der Waals surface area contributed by atoms with Crippen molar-refractivity contribution in [2.75, 3.05) is 5.73 Å². The van der Waals surface area contributed by atoms with Crippen molar-refractivity contribution in [1.29, 1.82) is 0 Å². The van der Waals surface area contributed by atoms with E-state index in [1.54, 1.807) is 17.4 Å². The van der Waals surface area contributed by atoms with Crippen molar-refractivity contribution in [3.05, 3.63) is 28.5 Å². The predicted molar refractivity (Wildman–Crippen MR) is 54.5 cm³/mol. The fraction of sp³-hybridized carbons (Fsp3) is 0.111. The lowest BCUT2D eigenvalue weighted by Gasteiger charge is -1.97. The molecule has 0 fully saturated rings. The van der Waals surface area contributed by atoms with Crippen molar-refractivity contribution in [2.45, 2.75) is 6.92 Å². The normalized spacial score (nSPS) is 10.2. The molecule has 2 aromatic heterocycles.